The van der Waals surface area contributed by atoms with E-state index in [1.165, 1.54) is 14.0 Å². The Bertz CT molecular complexity index is 91.3. The normalized spacial score (nSPS) is 12.9. The zero-order chi connectivity index (χ0) is 6.73. The van der Waals surface area contributed by atoms with Crippen LogP contribution in [-0.4, -0.2) is 34.5 Å². The maximum Gasteiger partial charge on any atom is 0.409 e. The van der Waals surface area contributed by atoms with Crippen LogP contribution in [0.1, 0.15) is 6.92 Å². The Balaban J connectivity index is 3.64. The van der Waals surface area contributed by atoms with Crippen LogP contribution in [-0.2, 0) is 0 Å². The minimum Gasteiger partial charge on any atom is -0.465 e. The Morgan fingerprint density at radius 2 is 2.12 bits per heavy atom. The van der Waals surface area contributed by atoms with Gasteiger partial charge in [0.15, 0.2) is 0 Å². The van der Waals surface area contributed by atoms with Crippen molar-refractivity contribution in [2.45, 2.75) is 13.2 Å². The lowest BCUT2D eigenvalue weighted by Crippen LogP contribution is -2.33. The van der Waals surface area contributed by atoms with Crippen LogP contribution < -0.4 is 0 Å². The highest BCUT2D eigenvalue weighted by Crippen LogP contribution is 1.88. The quantitative estimate of drug-likeness (QED) is 0.475. The summed E-state index contributed by atoms with van der Waals surface area (Å²) in [6.45, 7) is 1.38. The summed E-state index contributed by atoms with van der Waals surface area (Å²) in [6, 6.07) is 0. The van der Waals surface area contributed by atoms with Crippen LogP contribution in [0.15, 0.2) is 0 Å². The van der Waals surface area contributed by atoms with Gasteiger partial charge in [0.2, 0.25) is 0 Å². The molecule has 0 bridgehead atoms. The Labute approximate surface area is 47.3 Å². The van der Waals surface area contributed by atoms with Crippen molar-refractivity contribution < 1.29 is 15.0 Å². The average Bonchev–Trinajstić information content (AvgIpc) is 1.64. The molecule has 0 aliphatic heterocycles. The molecule has 0 aliphatic carbocycles. The number of aliphatic hydroxyl groups is 1. The monoisotopic (exact) mass is 119 g/mol. The third kappa shape index (κ3) is 1.79. The molecule has 0 radical (unpaired) electrons. The molecule has 8 heavy (non-hydrogen) atoms. The summed E-state index contributed by atoms with van der Waals surface area (Å²) in [5.74, 6) is 0. The summed E-state index contributed by atoms with van der Waals surface area (Å²) in [6.07, 6.45) is -2.05. The molecule has 0 spiro atoms. The smallest absolute Gasteiger partial charge is 0.409 e. The highest BCUT2D eigenvalue weighted by Gasteiger charge is 2.08. The lowest BCUT2D eigenvalue weighted by atomic mass is 10.6. The molecule has 0 aromatic carbocycles. The van der Waals surface area contributed by atoms with E-state index in [1.54, 1.807) is 0 Å². The molecular formula is C4H9NO3. The van der Waals surface area contributed by atoms with Gasteiger partial charge < -0.3 is 10.2 Å². The minimum atomic E-state index is -1.12. The second-order valence-electron chi connectivity index (χ2n) is 1.53. The second kappa shape index (κ2) is 2.52. The maximum atomic E-state index is 9.91. The number of carbonyl (C=O) groups is 1. The number of amides is 1. The Morgan fingerprint density at radius 1 is 1.75 bits per heavy atom. The van der Waals surface area contributed by atoms with Gasteiger partial charge in [0.05, 0.1) is 0 Å². The third-order valence-electron chi connectivity index (χ3n) is 0.862. The number of rotatable bonds is 1. The van der Waals surface area contributed by atoms with Crippen molar-refractivity contribution in [1.82, 2.24) is 4.90 Å². The molecule has 0 fully saturated rings. The van der Waals surface area contributed by atoms with Gasteiger partial charge in [-0.25, -0.2) is 4.79 Å². The summed E-state index contributed by atoms with van der Waals surface area (Å²) in [7, 11) is 1.30. The first-order valence-electron chi connectivity index (χ1n) is 2.19. The highest BCUT2D eigenvalue weighted by molar-refractivity contribution is 5.64. The highest BCUT2D eigenvalue weighted by atomic mass is 16.4. The van der Waals surface area contributed by atoms with Crippen molar-refractivity contribution in [2.75, 3.05) is 7.05 Å². The minimum absolute atomic E-state index is 0.806. The molecule has 0 rings (SSSR count). The van der Waals surface area contributed by atoms with Crippen LogP contribution in [0.5, 0.6) is 0 Å². The largest absolute Gasteiger partial charge is 0.465 e. The molecule has 1 atom stereocenters. The maximum absolute atomic E-state index is 9.91. The van der Waals surface area contributed by atoms with E-state index < -0.39 is 12.3 Å². The van der Waals surface area contributed by atoms with Crippen LogP contribution in [0.4, 0.5) is 4.79 Å². The van der Waals surface area contributed by atoms with Crippen LogP contribution in [0.25, 0.3) is 0 Å². The Kier molecular flexibility index (Phi) is 2.27. The number of aliphatic hydroxyl groups excluding tert-OH is 1. The van der Waals surface area contributed by atoms with Gasteiger partial charge in [-0.05, 0) is 6.92 Å². The number of hydrogen-bond donors (Lipinski definition) is 2. The van der Waals surface area contributed by atoms with Crippen molar-refractivity contribution in [3.8, 4) is 0 Å². The summed E-state index contributed by atoms with van der Waals surface area (Å²) >= 11 is 0. The fourth-order valence-corrected chi connectivity index (χ4v) is 0.160. The summed E-state index contributed by atoms with van der Waals surface area (Å²) in [5.41, 5.74) is 0. The van der Waals surface area contributed by atoms with Crippen molar-refractivity contribution in [3.63, 3.8) is 0 Å². The molecule has 0 aliphatic rings. The Morgan fingerprint density at radius 3 is 2.12 bits per heavy atom. The zero-order valence-corrected chi connectivity index (χ0v) is 4.83. The van der Waals surface area contributed by atoms with E-state index in [0.29, 0.717) is 0 Å². The predicted octanol–water partition coefficient (Wildman–Crippen LogP) is -0.0655. The standard InChI is InChI=1S/C4H9NO3/c1-3(6)5(2)4(7)8/h3,6H,1-2H3,(H,7,8)/t3-/m1/s1. The predicted molar refractivity (Wildman–Crippen MR) is 27.5 cm³/mol. The van der Waals surface area contributed by atoms with Gasteiger partial charge in [-0.2, -0.15) is 0 Å². The average molecular weight is 119 g/mol. The summed E-state index contributed by atoms with van der Waals surface area (Å²) in [5, 5.41) is 16.7. The van der Waals surface area contributed by atoms with E-state index in [0.717, 1.165) is 4.90 Å². The number of hydrogen-bond acceptors (Lipinski definition) is 2. The fraction of sp³-hybridized carbons (Fsp3) is 0.750. The van der Waals surface area contributed by atoms with Crippen LogP contribution >= 0.6 is 0 Å². The van der Waals surface area contributed by atoms with Gasteiger partial charge in [0.1, 0.15) is 6.23 Å². The molecule has 0 aromatic heterocycles. The first-order chi connectivity index (χ1) is 3.55. The van der Waals surface area contributed by atoms with Crippen LogP contribution in [0.3, 0.4) is 0 Å². The summed E-state index contributed by atoms with van der Waals surface area (Å²) in [4.78, 5) is 10.7. The molecule has 48 valence electrons. The lowest BCUT2D eigenvalue weighted by molar-refractivity contribution is 0.0410. The Hall–Kier alpha value is -0.770. The van der Waals surface area contributed by atoms with E-state index in [1.807, 2.05) is 0 Å². The van der Waals surface area contributed by atoms with E-state index >= 15 is 0 Å². The summed E-state index contributed by atoms with van der Waals surface area (Å²) < 4.78 is 0. The topological polar surface area (TPSA) is 60.8 Å². The van der Waals surface area contributed by atoms with Gasteiger partial charge >= 0.3 is 6.09 Å². The fourth-order valence-electron chi connectivity index (χ4n) is 0.160. The molecule has 0 aromatic rings. The molecular weight excluding hydrogens is 110 g/mol. The second-order valence-corrected chi connectivity index (χ2v) is 1.53. The molecule has 0 saturated heterocycles. The van der Waals surface area contributed by atoms with Crippen LogP contribution in [0, 0.1) is 0 Å². The van der Waals surface area contributed by atoms with Gasteiger partial charge in [0, 0.05) is 7.05 Å². The van der Waals surface area contributed by atoms with Crippen LogP contribution in [0.2, 0.25) is 0 Å². The number of nitrogens with zero attached hydrogens (tertiary/aromatic N) is 1. The third-order valence-corrected chi connectivity index (χ3v) is 0.862. The van der Waals surface area contributed by atoms with E-state index in [4.69, 9.17) is 10.2 Å². The van der Waals surface area contributed by atoms with E-state index in [2.05, 4.69) is 0 Å². The van der Waals surface area contributed by atoms with Gasteiger partial charge in [-0.1, -0.05) is 0 Å². The number of carboxylic acid groups (broad SMARTS) is 1. The SMILES string of the molecule is C[C@@H](O)N(C)C(=O)O. The molecule has 0 saturated carbocycles. The molecule has 1 amide bonds. The molecule has 2 N–H and O–H groups in total. The molecule has 0 unspecified atom stereocenters. The molecule has 0 heterocycles. The first kappa shape index (κ1) is 7.23. The lowest BCUT2D eigenvalue weighted by Gasteiger charge is -2.14. The first-order valence-corrected chi connectivity index (χ1v) is 2.19. The van der Waals surface area contributed by atoms with Gasteiger partial charge in [-0.15, -0.1) is 0 Å². The van der Waals surface area contributed by atoms with Crippen molar-refractivity contribution in [1.29, 1.82) is 0 Å². The van der Waals surface area contributed by atoms with Crippen molar-refractivity contribution in [3.05, 3.63) is 0 Å². The van der Waals surface area contributed by atoms with E-state index in [-0.39, 0.29) is 0 Å². The van der Waals surface area contributed by atoms with Crippen molar-refractivity contribution >= 4 is 6.09 Å². The van der Waals surface area contributed by atoms with Gasteiger partial charge in [0.25, 0.3) is 0 Å². The zero-order valence-electron chi connectivity index (χ0n) is 4.83. The molecule has 4 heteroatoms. The van der Waals surface area contributed by atoms with Crippen molar-refractivity contribution in [2.24, 2.45) is 0 Å². The van der Waals surface area contributed by atoms with Gasteiger partial charge in [-0.3, -0.25) is 4.90 Å². The van der Waals surface area contributed by atoms with E-state index in [9.17, 15) is 4.79 Å². The molecule has 4 nitrogen and oxygen atoms in total.